The highest BCUT2D eigenvalue weighted by molar-refractivity contribution is 5.89. The van der Waals surface area contributed by atoms with E-state index in [1.165, 1.54) is 11.1 Å². The van der Waals surface area contributed by atoms with Crippen LogP contribution in [0.5, 0.6) is 11.5 Å². The first-order chi connectivity index (χ1) is 11.6. The second-order valence-corrected chi connectivity index (χ2v) is 8.04. The number of benzene rings is 1. The van der Waals surface area contributed by atoms with Gasteiger partial charge in [-0.3, -0.25) is 4.79 Å². The third-order valence-electron chi connectivity index (χ3n) is 7.27. The van der Waals surface area contributed by atoms with E-state index in [-0.39, 0.29) is 11.5 Å². The molecule has 1 spiro atoms. The summed E-state index contributed by atoms with van der Waals surface area (Å²) in [5, 5.41) is 0. The Balaban J connectivity index is 1.81. The van der Waals surface area contributed by atoms with Crippen LogP contribution in [0.2, 0.25) is 0 Å². The number of hydrogen-bond donors (Lipinski definition) is 0. The average molecular weight is 327 g/mol. The summed E-state index contributed by atoms with van der Waals surface area (Å²) in [5.41, 5.74) is 2.56. The van der Waals surface area contributed by atoms with Gasteiger partial charge in [0.15, 0.2) is 23.4 Å². The lowest BCUT2D eigenvalue weighted by molar-refractivity contribution is -0.144. The van der Waals surface area contributed by atoms with Crippen molar-refractivity contribution in [2.75, 3.05) is 20.7 Å². The molecule has 4 heteroatoms. The van der Waals surface area contributed by atoms with Crippen LogP contribution in [0.4, 0.5) is 0 Å². The molecule has 1 aromatic rings. The lowest BCUT2D eigenvalue weighted by atomic mass is 9.48. The first kappa shape index (κ1) is 14.8. The van der Waals surface area contributed by atoms with Crippen molar-refractivity contribution in [2.24, 2.45) is 11.8 Å². The molecule has 2 bridgehead atoms. The number of ether oxygens (including phenoxy) is 2. The fourth-order valence-corrected chi connectivity index (χ4v) is 6.31. The lowest BCUT2D eigenvalue weighted by Gasteiger charge is -2.59. The number of likely N-dealkylation sites (N-methyl/N-ethyl adjacent to an activating group) is 1. The molecule has 2 aliphatic heterocycles. The number of carbonyl (C=O) groups excluding carboxylic acids is 1. The molecule has 4 unspecified atom stereocenters. The van der Waals surface area contributed by atoms with E-state index in [1.54, 1.807) is 7.11 Å². The zero-order valence-corrected chi connectivity index (χ0v) is 14.7. The Bertz CT molecular complexity index is 730. The van der Waals surface area contributed by atoms with Crippen LogP contribution in [0.15, 0.2) is 12.1 Å². The largest absolute Gasteiger partial charge is 0.493 e. The van der Waals surface area contributed by atoms with E-state index in [2.05, 4.69) is 24.9 Å². The molecule has 2 fully saturated rings. The molecule has 2 aliphatic carbocycles. The van der Waals surface area contributed by atoms with Crippen molar-refractivity contribution in [1.82, 2.24) is 4.90 Å². The minimum Gasteiger partial charge on any atom is -0.493 e. The van der Waals surface area contributed by atoms with Gasteiger partial charge in [-0.2, -0.15) is 0 Å². The van der Waals surface area contributed by atoms with Crippen LogP contribution in [-0.4, -0.2) is 43.5 Å². The van der Waals surface area contributed by atoms with E-state index in [9.17, 15) is 4.79 Å². The predicted octanol–water partition coefficient (Wildman–Crippen LogP) is 2.57. The van der Waals surface area contributed by atoms with Crippen molar-refractivity contribution in [1.29, 1.82) is 0 Å². The van der Waals surface area contributed by atoms with Crippen molar-refractivity contribution >= 4 is 5.78 Å². The van der Waals surface area contributed by atoms with Crippen LogP contribution in [0.1, 0.15) is 37.3 Å². The van der Waals surface area contributed by atoms with Gasteiger partial charge >= 0.3 is 0 Å². The molecule has 0 radical (unpaired) electrons. The minimum absolute atomic E-state index is 0.120. The molecule has 1 saturated heterocycles. The molecular formula is C20H25NO3. The van der Waals surface area contributed by atoms with Crippen LogP contribution in [0, 0.1) is 11.8 Å². The van der Waals surface area contributed by atoms with Gasteiger partial charge < -0.3 is 14.4 Å². The Morgan fingerprint density at radius 1 is 1.38 bits per heavy atom. The van der Waals surface area contributed by atoms with E-state index in [0.717, 1.165) is 37.3 Å². The number of hydrogen-bond acceptors (Lipinski definition) is 4. The highest BCUT2D eigenvalue weighted by Crippen LogP contribution is 2.64. The molecule has 4 nitrogen and oxygen atoms in total. The van der Waals surface area contributed by atoms with E-state index >= 15 is 0 Å². The van der Waals surface area contributed by atoms with Crippen LogP contribution >= 0.6 is 0 Å². The highest BCUT2D eigenvalue weighted by atomic mass is 16.5. The van der Waals surface area contributed by atoms with Crippen molar-refractivity contribution in [3.8, 4) is 11.5 Å². The summed E-state index contributed by atoms with van der Waals surface area (Å²) < 4.78 is 11.9. The van der Waals surface area contributed by atoms with Crippen molar-refractivity contribution in [3.05, 3.63) is 23.3 Å². The van der Waals surface area contributed by atoms with Crippen molar-refractivity contribution in [2.45, 2.75) is 50.2 Å². The first-order valence-electron chi connectivity index (χ1n) is 9.21. The molecular weight excluding hydrogens is 302 g/mol. The third kappa shape index (κ3) is 1.52. The maximum absolute atomic E-state index is 13.0. The molecule has 1 aromatic carbocycles. The van der Waals surface area contributed by atoms with E-state index in [0.29, 0.717) is 30.1 Å². The molecule has 5 rings (SSSR count). The molecule has 2 heterocycles. The van der Waals surface area contributed by atoms with Gasteiger partial charge in [0.2, 0.25) is 0 Å². The zero-order chi connectivity index (χ0) is 16.6. The summed E-state index contributed by atoms with van der Waals surface area (Å²) in [6, 6.07) is 4.74. The van der Waals surface area contributed by atoms with Gasteiger partial charge in [-0.25, -0.2) is 0 Å². The average Bonchev–Trinajstić information content (AvgIpc) is 2.94. The Kier molecular flexibility index (Phi) is 2.92. The Hall–Kier alpha value is -1.55. The molecule has 0 amide bonds. The Labute approximate surface area is 143 Å². The number of nitrogens with zero attached hydrogens (tertiary/aromatic N) is 1. The number of carbonyl (C=O) groups is 1. The number of ketones is 1. The zero-order valence-electron chi connectivity index (χ0n) is 14.7. The Morgan fingerprint density at radius 3 is 2.96 bits per heavy atom. The van der Waals surface area contributed by atoms with Crippen LogP contribution in [0.3, 0.4) is 0 Å². The quantitative estimate of drug-likeness (QED) is 0.837. The molecule has 128 valence electrons. The van der Waals surface area contributed by atoms with Gasteiger partial charge in [-0.15, -0.1) is 0 Å². The maximum Gasteiger partial charge on any atom is 0.174 e. The number of methoxy groups -OCH3 is 1. The van der Waals surface area contributed by atoms with Crippen LogP contribution in [-0.2, 0) is 16.6 Å². The number of likely N-dealkylation sites (tertiary alicyclic amines) is 1. The summed E-state index contributed by atoms with van der Waals surface area (Å²) >= 11 is 0. The SMILES string of the molecule is CC[C@H]1CC(=O)C2Oc3c(OC)ccc4c3C23CCN(C)C(C4)C13. The van der Waals surface area contributed by atoms with Gasteiger partial charge in [0.25, 0.3) is 0 Å². The predicted molar refractivity (Wildman–Crippen MR) is 90.7 cm³/mol. The number of piperidine rings is 1. The van der Waals surface area contributed by atoms with E-state index in [1.807, 2.05) is 6.07 Å². The molecule has 0 N–H and O–H groups in total. The standard InChI is InChI=1S/C20H25NO3/c1-4-11-10-14(22)19-20-7-8-21(2)13(16(11)20)9-12-5-6-15(23-3)18(24-19)17(12)20/h5-6,11,13,16,19H,4,7-10H2,1-3H3/t11-,13?,16?,19?,20?/m0/s1. The molecule has 4 aliphatic rings. The first-order valence-corrected chi connectivity index (χ1v) is 9.21. The highest BCUT2D eigenvalue weighted by Gasteiger charge is 2.67. The van der Waals surface area contributed by atoms with Gasteiger partial charge in [0, 0.05) is 23.4 Å². The number of Topliss-reactive ketones (excluding diaryl/α,β-unsaturated/α-hetero) is 1. The summed E-state index contributed by atoms with van der Waals surface area (Å²) in [6.45, 7) is 3.28. The van der Waals surface area contributed by atoms with Crippen molar-refractivity contribution < 1.29 is 14.3 Å². The summed E-state index contributed by atoms with van der Waals surface area (Å²) in [6.07, 6.45) is 3.53. The van der Waals surface area contributed by atoms with E-state index in [4.69, 9.17) is 9.47 Å². The smallest absolute Gasteiger partial charge is 0.174 e. The van der Waals surface area contributed by atoms with Crippen LogP contribution in [0.25, 0.3) is 0 Å². The van der Waals surface area contributed by atoms with Gasteiger partial charge in [-0.05, 0) is 49.9 Å². The van der Waals surface area contributed by atoms with Crippen molar-refractivity contribution in [3.63, 3.8) is 0 Å². The fraction of sp³-hybridized carbons (Fsp3) is 0.650. The second kappa shape index (κ2) is 4.75. The van der Waals surface area contributed by atoms with Gasteiger partial charge in [0.05, 0.1) is 7.11 Å². The normalized spacial score (nSPS) is 39.4. The van der Waals surface area contributed by atoms with E-state index < -0.39 is 0 Å². The number of rotatable bonds is 2. The molecule has 1 saturated carbocycles. The van der Waals surface area contributed by atoms with Gasteiger partial charge in [0.1, 0.15) is 0 Å². The third-order valence-corrected chi connectivity index (χ3v) is 7.27. The maximum atomic E-state index is 13.0. The van der Waals surface area contributed by atoms with Gasteiger partial charge in [-0.1, -0.05) is 19.4 Å². The summed E-state index contributed by atoms with van der Waals surface area (Å²) in [7, 11) is 3.94. The van der Waals surface area contributed by atoms with Crippen LogP contribution < -0.4 is 9.47 Å². The monoisotopic (exact) mass is 327 g/mol. The second-order valence-electron chi connectivity index (χ2n) is 8.04. The summed E-state index contributed by atoms with van der Waals surface area (Å²) in [5.74, 6) is 2.93. The summed E-state index contributed by atoms with van der Waals surface area (Å²) in [4.78, 5) is 15.5. The molecule has 0 aromatic heterocycles. The minimum atomic E-state index is -0.299. The molecule has 24 heavy (non-hydrogen) atoms. The lowest BCUT2D eigenvalue weighted by Crippen LogP contribution is -2.67. The topological polar surface area (TPSA) is 38.8 Å². The fourth-order valence-electron chi connectivity index (χ4n) is 6.31. The molecule has 5 atom stereocenters. The Morgan fingerprint density at radius 2 is 2.21 bits per heavy atom.